The molecule has 0 bridgehead atoms. The average Bonchev–Trinajstić information content (AvgIpc) is 3.28. The second kappa shape index (κ2) is 7.42. The van der Waals surface area contributed by atoms with Crippen molar-refractivity contribution in [2.75, 3.05) is 6.61 Å². The molecule has 0 radical (unpaired) electrons. The Kier molecular flexibility index (Phi) is 5.57. The van der Waals surface area contributed by atoms with Crippen molar-refractivity contribution >= 4 is 40.7 Å². The molecule has 0 atom stereocenters. The number of rotatable bonds is 4. The molecule has 1 saturated carbocycles. The lowest BCUT2D eigenvalue weighted by Gasteiger charge is -2.12. The van der Waals surface area contributed by atoms with E-state index in [9.17, 15) is 9.59 Å². The quantitative estimate of drug-likeness (QED) is 0.571. The van der Waals surface area contributed by atoms with Crippen LogP contribution < -0.4 is 20.9 Å². The van der Waals surface area contributed by atoms with Gasteiger partial charge in [0.2, 0.25) is 5.91 Å². The number of hydrogen-bond donors (Lipinski definition) is 3. The predicted molar refractivity (Wildman–Crippen MR) is 86.4 cm³/mol. The van der Waals surface area contributed by atoms with Gasteiger partial charge >= 0.3 is 0 Å². The number of ether oxygens (including phenoxy) is 1. The Labute approximate surface area is 138 Å². The number of hydrogen-bond acceptors (Lipinski definition) is 4. The lowest BCUT2D eigenvalue weighted by Crippen LogP contribution is -2.50. The van der Waals surface area contributed by atoms with Gasteiger partial charge < -0.3 is 10.1 Å². The summed E-state index contributed by atoms with van der Waals surface area (Å²) in [4.78, 5) is 23.1. The third kappa shape index (κ3) is 5.16. The number of thiocarbonyl (C=S) groups is 1. The lowest BCUT2D eigenvalue weighted by atomic mass is 10.2. The Hall–Kier alpha value is -1.86. The second-order valence-corrected chi connectivity index (χ2v) is 5.81. The zero-order valence-corrected chi connectivity index (χ0v) is 13.5. The Bertz CT molecular complexity index is 605. The van der Waals surface area contributed by atoms with Crippen molar-refractivity contribution in [3.05, 3.63) is 28.8 Å². The van der Waals surface area contributed by atoms with Crippen LogP contribution in [-0.2, 0) is 9.59 Å². The summed E-state index contributed by atoms with van der Waals surface area (Å²) in [5, 5.41) is 3.16. The molecule has 0 aliphatic heterocycles. The number of amides is 2. The van der Waals surface area contributed by atoms with Crippen LogP contribution in [0.1, 0.15) is 18.4 Å². The van der Waals surface area contributed by atoms with Gasteiger partial charge in [-0.25, -0.2) is 0 Å². The molecule has 3 N–H and O–H groups in total. The largest absolute Gasteiger partial charge is 0.483 e. The zero-order chi connectivity index (χ0) is 16.1. The van der Waals surface area contributed by atoms with Gasteiger partial charge in [0.15, 0.2) is 11.7 Å². The molecule has 0 saturated heterocycles. The summed E-state index contributed by atoms with van der Waals surface area (Å²) in [6.07, 6.45) is 1.77. The number of nitrogens with one attached hydrogen (secondary N) is 3. The molecular weight excluding hydrogens is 326 g/mol. The van der Waals surface area contributed by atoms with E-state index in [0.717, 1.165) is 18.4 Å². The van der Waals surface area contributed by atoms with Crippen molar-refractivity contribution in [2.24, 2.45) is 5.92 Å². The minimum Gasteiger partial charge on any atom is -0.483 e. The zero-order valence-electron chi connectivity index (χ0n) is 11.9. The maximum absolute atomic E-state index is 11.6. The Morgan fingerprint density at radius 1 is 1.36 bits per heavy atom. The van der Waals surface area contributed by atoms with Gasteiger partial charge in [-0.2, -0.15) is 0 Å². The maximum atomic E-state index is 11.6. The molecule has 1 aliphatic carbocycles. The van der Waals surface area contributed by atoms with Gasteiger partial charge in [0.25, 0.3) is 5.91 Å². The van der Waals surface area contributed by atoms with Crippen molar-refractivity contribution in [3.8, 4) is 5.75 Å². The van der Waals surface area contributed by atoms with Gasteiger partial charge in [-0.1, -0.05) is 11.6 Å². The van der Waals surface area contributed by atoms with Crippen molar-refractivity contribution in [1.82, 2.24) is 16.2 Å². The number of benzene rings is 1. The fourth-order valence-corrected chi connectivity index (χ4v) is 2.05. The first kappa shape index (κ1) is 16.5. The second-order valence-electron chi connectivity index (χ2n) is 4.96. The summed E-state index contributed by atoms with van der Waals surface area (Å²) in [5.41, 5.74) is 5.64. The molecule has 6 nitrogen and oxygen atoms in total. The standard InChI is InChI=1S/C14H16ClN3O3S/c1-8-6-10(15)4-5-11(8)21-7-12(19)17-18-14(22)16-13(20)9-2-3-9/h4-6,9H,2-3,7H2,1H3,(H,17,19)(H2,16,18,20,22). The Morgan fingerprint density at radius 3 is 2.73 bits per heavy atom. The highest BCUT2D eigenvalue weighted by atomic mass is 35.5. The third-order valence-electron chi connectivity index (χ3n) is 3.00. The van der Waals surface area contributed by atoms with Crippen LogP contribution in [-0.4, -0.2) is 23.5 Å². The normalized spacial score (nSPS) is 13.2. The van der Waals surface area contributed by atoms with Crippen LogP contribution in [0, 0.1) is 12.8 Å². The van der Waals surface area contributed by atoms with Crippen LogP contribution in [0.3, 0.4) is 0 Å². The molecule has 0 unspecified atom stereocenters. The van der Waals surface area contributed by atoms with E-state index in [2.05, 4.69) is 16.2 Å². The highest BCUT2D eigenvalue weighted by molar-refractivity contribution is 7.80. The van der Waals surface area contributed by atoms with Crippen LogP contribution in [0.4, 0.5) is 0 Å². The van der Waals surface area contributed by atoms with Crippen LogP contribution in [0.2, 0.25) is 5.02 Å². The molecule has 0 aromatic heterocycles. The summed E-state index contributed by atoms with van der Waals surface area (Å²) in [6.45, 7) is 1.65. The van der Waals surface area contributed by atoms with Gasteiger partial charge in [-0.05, 0) is 55.7 Å². The van der Waals surface area contributed by atoms with Gasteiger partial charge in [0, 0.05) is 10.9 Å². The first-order valence-electron chi connectivity index (χ1n) is 6.74. The van der Waals surface area contributed by atoms with Gasteiger partial charge in [0.1, 0.15) is 5.75 Å². The molecule has 1 aromatic carbocycles. The fraction of sp³-hybridized carbons (Fsp3) is 0.357. The van der Waals surface area contributed by atoms with E-state index in [1.54, 1.807) is 18.2 Å². The van der Waals surface area contributed by atoms with E-state index in [1.165, 1.54) is 0 Å². The molecule has 2 amide bonds. The number of carbonyl (C=O) groups excluding carboxylic acids is 2. The van der Waals surface area contributed by atoms with Crippen molar-refractivity contribution in [2.45, 2.75) is 19.8 Å². The number of carbonyl (C=O) groups is 2. The van der Waals surface area contributed by atoms with Crippen molar-refractivity contribution < 1.29 is 14.3 Å². The summed E-state index contributed by atoms with van der Waals surface area (Å²) in [6, 6.07) is 5.12. The first-order chi connectivity index (χ1) is 10.5. The summed E-state index contributed by atoms with van der Waals surface area (Å²) in [7, 11) is 0. The van der Waals surface area contributed by atoms with Crippen LogP contribution in [0.15, 0.2) is 18.2 Å². The molecule has 1 aliphatic rings. The molecule has 1 aromatic rings. The summed E-state index contributed by atoms with van der Waals surface area (Å²) >= 11 is 10.7. The minimum atomic E-state index is -0.419. The van der Waals surface area contributed by atoms with Crippen LogP contribution in [0.25, 0.3) is 0 Å². The van der Waals surface area contributed by atoms with E-state index in [1.807, 2.05) is 6.92 Å². The molecule has 2 rings (SSSR count). The fourth-order valence-electron chi connectivity index (χ4n) is 1.67. The molecule has 8 heteroatoms. The van der Waals surface area contributed by atoms with Gasteiger partial charge in [-0.15, -0.1) is 0 Å². The van der Waals surface area contributed by atoms with Gasteiger partial charge in [-0.3, -0.25) is 20.4 Å². The number of hydrazine groups is 1. The molecule has 0 spiro atoms. The highest BCUT2D eigenvalue weighted by Gasteiger charge is 2.30. The third-order valence-corrected chi connectivity index (χ3v) is 3.44. The molecule has 118 valence electrons. The van der Waals surface area contributed by atoms with Crippen LogP contribution in [0.5, 0.6) is 5.75 Å². The number of halogens is 1. The molecule has 0 heterocycles. The van der Waals surface area contributed by atoms with E-state index < -0.39 is 5.91 Å². The summed E-state index contributed by atoms with van der Waals surface area (Å²) < 4.78 is 5.37. The first-order valence-corrected chi connectivity index (χ1v) is 7.53. The average molecular weight is 342 g/mol. The lowest BCUT2D eigenvalue weighted by molar-refractivity contribution is -0.124. The van der Waals surface area contributed by atoms with E-state index >= 15 is 0 Å². The van der Waals surface area contributed by atoms with Gasteiger partial charge in [0.05, 0.1) is 0 Å². The summed E-state index contributed by atoms with van der Waals surface area (Å²) in [5.74, 6) is 0.0768. The van der Waals surface area contributed by atoms with Crippen molar-refractivity contribution in [1.29, 1.82) is 0 Å². The molecular formula is C14H16ClN3O3S. The Morgan fingerprint density at radius 2 is 2.09 bits per heavy atom. The Balaban J connectivity index is 1.69. The predicted octanol–water partition coefficient (Wildman–Crippen LogP) is 1.46. The van der Waals surface area contributed by atoms with E-state index in [-0.39, 0.29) is 23.5 Å². The van der Waals surface area contributed by atoms with E-state index in [0.29, 0.717) is 10.8 Å². The van der Waals surface area contributed by atoms with Crippen LogP contribution >= 0.6 is 23.8 Å². The number of aryl methyl sites for hydroxylation is 1. The monoisotopic (exact) mass is 341 g/mol. The smallest absolute Gasteiger partial charge is 0.276 e. The SMILES string of the molecule is Cc1cc(Cl)ccc1OCC(=O)NNC(=S)NC(=O)C1CC1. The topological polar surface area (TPSA) is 79.5 Å². The minimum absolute atomic E-state index is 0.0478. The molecule has 22 heavy (non-hydrogen) atoms. The highest BCUT2D eigenvalue weighted by Crippen LogP contribution is 2.28. The molecule has 1 fully saturated rings. The maximum Gasteiger partial charge on any atom is 0.276 e. The van der Waals surface area contributed by atoms with E-state index in [4.69, 9.17) is 28.6 Å². The van der Waals surface area contributed by atoms with Crippen molar-refractivity contribution in [3.63, 3.8) is 0 Å².